The minimum atomic E-state index is -0.116. The molecule has 1 saturated heterocycles. The Kier molecular flexibility index (Phi) is 3.76. The fourth-order valence-corrected chi connectivity index (χ4v) is 3.47. The Morgan fingerprint density at radius 1 is 1.43 bits per heavy atom. The number of hydrogen-bond acceptors (Lipinski definition) is 3. The van der Waals surface area contributed by atoms with Gasteiger partial charge in [0.05, 0.1) is 16.6 Å². The average Bonchev–Trinajstić information content (AvgIpc) is 2.75. The molecular formula is C17H25N3O. The van der Waals surface area contributed by atoms with Gasteiger partial charge in [-0.25, -0.2) is 4.98 Å². The molecule has 0 amide bonds. The first kappa shape index (κ1) is 14.5. The van der Waals surface area contributed by atoms with Crippen molar-refractivity contribution in [1.82, 2.24) is 14.9 Å². The summed E-state index contributed by atoms with van der Waals surface area (Å²) in [4.78, 5) is 4.78. The summed E-state index contributed by atoms with van der Waals surface area (Å²) in [5.41, 5.74) is 2.08. The number of imidazole rings is 1. The van der Waals surface area contributed by atoms with Crippen LogP contribution in [0.3, 0.4) is 0 Å². The van der Waals surface area contributed by atoms with Crippen molar-refractivity contribution in [1.29, 1.82) is 0 Å². The van der Waals surface area contributed by atoms with E-state index in [-0.39, 0.29) is 11.7 Å². The summed E-state index contributed by atoms with van der Waals surface area (Å²) in [6.45, 7) is 8.42. The number of rotatable bonds is 3. The number of hydrogen-bond donors (Lipinski definition) is 1. The fraction of sp³-hybridized carbons (Fsp3) is 0.588. The predicted molar refractivity (Wildman–Crippen MR) is 85.3 cm³/mol. The zero-order valence-corrected chi connectivity index (χ0v) is 13.4. The largest absolute Gasteiger partial charge is 0.361 e. The van der Waals surface area contributed by atoms with Crippen molar-refractivity contribution < 1.29 is 4.74 Å². The van der Waals surface area contributed by atoms with Gasteiger partial charge in [0.2, 0.25) is 0 Å². The van der Waals surface area contributed by atoms with Gasteiger partial charge < -0.3 is 14.6 Å². The van der Waals surface area contributed by atoms with E-state index in [1.807, 2.05) is 6.07 Å². The molecule has 2 heterocycles. The quantitative estimate of drug-likeness (QED) is 0.943. The van der Waals surface area contributed by atoms with Gasteiger partial charge in [-0.3, -0.25) is 0 Å². The summed E-state index contributed by atoms with van der Waals surface area (Å²) in [7, 11) is 2.07. The van der Waals surface area contributed by atoms with Gasteiger partial charge in [0.15, 0.2) is 0 Å². The number of para-hydroxylation sites is 2. The smallest absolute Gasteiger partial charge is 0.140 e. The number of benzene rings is 1. The molecule has 21 heavy (non-hydrogen) atoms. The molecule has 1 aromatic carbocycles. The fourth-order valence-electron chi connectivity index (χ4n) is 3.47. The minimum absolute atomic E-state index is 0.0138. The van der Waals surface area contributed by atoms with E-state index in [1.54, 1.807) is 0 Å². The predicted octanol–water partition coefficient (Wildman–Crippen LogP) is 3.04. The van der Waals surface area contributed by atoms with E-state index in [0.29, 0.717) is 5.92 Å². The number of nitrogens with zero attached hydrogens (tertiary/aromatic N) is 2. The molecule has 4 heteroatoms. The normalized spacial score (nSPS) is 26.6. The first-order chi connectivity index (χ1) is 9.98. The summed E-state index contributed by atoms with van der Waals surface area (Å²) in [6, 6.07) is 8.25. The summed E-state index contributed by atoms with van der Waals surface area (Å²) >= 11 is 0. The highest BCUT2D eigenvalue weighted by Gasteiger charge is 2.35. The Morgan fingerprint density at radius 3 is 2.90 bits per heavy atom. The number of morpholine rings is 1. The number of aromatic nitrogens is 2. The van der Waals surface area contributed by atoms with E-state index in [4.69, 9.17) is 9.72 Å². The van der Waals surface area contributed by atoms with E-state index in [2.05, 4.69) is 55.9 Å². The second-order valence-electron chi connectivity index (χ2n) is 6.80. The number of fused-ring (bicyclic) bond motifs is 1. The summed E-state index contributed by atoms with van der Waals surface area (Å²) in [5, 5.41) is 3.52. The Morgan fingerprint density at radius 2 is 2.19 bits per heavy atom. The SMILES string of the molecule is CC(C)CC1(C)CNCC(c2nc3ccccc3n2C)O1. The molecule has 0 spiro atoms. The van der Waals surface area contributed by atoms with E-state index in [9.17, 15) is 0 Å². The number of nitrogens with one attached hydrogen (secondary N) is 1. The Bertz CT molecular complexity index is 634. The third-order valence-corrected chi connectivity index (χ3v) is 4.21. The molecule has 0 radical (unpaired) electrons. The van der Waals surface area contributed by atoms with Crippen LogP contribution in [0.5, 0.6) is 0 Å². The van der Waals surface area contributed by atoms with Crippen LogP contribution in [0.4, 0.5) is 0 Å². The molecule has 1 aromatic heterocycles. The van der Waals surface area contributed by atoms with Crippen molar-refractivity contribution in [3.63, 3.8) is 0 Å². The van der Waals surface area contributed by atoms with Crippen molar-refractivity contribution in [3.8, 4) is 0 Å². The average molecular weight is 287 g/mol. The van der Waals surface area contributed by atoms with Gasteiger partial charge in [-0.1, -0.05) is 26.0 Å². The van der Waals surface area contributed by atoms with E-state index in [0.717, 1.165) is 36.4 Å². The van der Waals surface area contributed by atoms with Gasteiger partial charge in [0.25, 0.3) is 0 Å². The van der Waals surface area contributed by atoms with Gasteiger partial charge in [-0.15, -0.1) is 0 Å². The number of aryl methyl sites for hydroxylation is 1. The Balaban J connectivity index is 1.90. The molecule has 1 fully saturated rings. The maximum absolute atomic E-state index is 6.44. The summed E-state index contributed by atoms with van der Waals surface area (Å²) < 4.78 is 8.59. The van der Waals surface area contributed by atoms with Crippen molar-refractivity contribution in [2.45, 2.75) is 38.9 Å². The molecular weight excluding hydrogens is 262 g/mol. The van der Waals surface area contributed by atoms with Gasteiger partial charge in [0.1, 0.15) is 11.9 Å². The second kappa shape index (κ2) is 5.43. The molecule has 2 unspecified atom stereocenters. The summed E-state index contributed by atoms with van der Waals surface area (Å²) in [5.74, 6) is 1.63. The van der Waals surface area contributed by atoms with E-state index < -0.39 is 0 Å². The van der Waals surface area contributed by atoms with Gasteiger partial charge in [0, 0.05) is 20.1 Å². The topological polar surface area (TPSA) is 39.1 Å². The lowest BCUT2D eigenvalue weighted by Crippen LogP contribution is -2.50. The molecule has 1 aliphatic rings. The second-order valence-corrected chi connectivity index (χ2v) is 6.80. The first-order valence-corrected chi connectivity index (χ1v) is 7.78. The zero-order chi connectivity index (χ0) is 15.0. The van der Waals surface area contributed by atoms with Crippen LogP contribution < -0.4 is 5.32 Å². The molecule has 2 atom stereocenters. The molecule has 2 aromatic rings. The van der Waals surface area contributed by atoms with Crippen LogP contribution in [0.2, 0.25) is 0 Å². The lowest BCUT2D eigenvalue weighted by Gasteiger charge is -2.40. The third kappa shape index (κ3) is 2.83. The molecule has 3 rings (SSSR count). The van der Waals surface area contributed by atoms with Crippen molar-refractivity contribution in [2.75, 3.05) is 13.1 Å². The van der Waals surface area contributed by atoms with Crippen LogP contribution in [-0.2, 0) is 11.8 Å². The Hall–Kier alpha value is -1.39. The van der Waals surface area contributed by atoms with Gasteiger partial charge in [-0.05, 0) is 31.4 Å². The molecule has 4 nitrogen and oxygen atoms in total. The van der Waals surface area contributed by atoms with Crippen LogP contribution in [0, 0.1) is 5.92 Å². The monoisotopic (exact) mass is 287 g/mol. The molecule has 0 saturated carbocycles. The zero-order valence-electron chi connectivity index (χ0n) is 13.4. The number of ether oxygens (including phenoxy) is 1. The highest BCUT2D eigenvalue weighted by molar-refractivity contribution is 5.75. The van der Waals surface area contributed by atoms with Gasteiger partial charge >= 0.3 is 0 Å². The van der Waals surface area contributed by atoms with Crippen LogP contribution in [0.1, 0.15) is 39.1 Å². The molecule has 0 bridgehead atoms. The van der Waals surface area contributed by atoms with E-state index in [1.165, 1.54) is 0 Å². The molecule has 114 valence electrons. The maximum atomic E-state index is 6.44. The van der Waals surface area contributed by atoms with Crippen LogP contribution in [0.15, 0.2) is 24.3 Å². The lowest BCUT2D eigenvalue weighted by molar-refractivity contribution is -0.120. The van der Waals surface area contributed by atoms with E-state index >= 15 is 0 Å². The van der Waals surface area contributed by atoms with Gasteiger partial charge in [-0.2, -0.15) is 0 Å². The maximum Gasteiger partial charge on any atom is 0.140 e. The third-order valence-electron chi connectivity index (χ3n) is 4.21. The van der Waals surface area contributed by atoms with Crippen molar-refractivity contribution >= 4 is 11.0 Å². The minimum Gasteiger partial charge on any atom is -0.361 e. The van der Waals surface area contributed by atoms with Crippen molar-refractivity contribution in [2.24, 2.45) is 13.0 Å². The van der Waals surface area contributed by atoms with Crippen LogP contribution in [-0.4, -0.2) is 28.2 Å². The van der Waals surface area contributed by atoms with Crippen LogP contribution >= 0.6 is 0 Å². The summed E-state index contributed by atoms with van der Waals surface area (Å²) in [6.07, 6.45) is 1.07. The lowest BCUT2D eigenvalue weighted by atomic mass is 9.92. The molecule has 1 N–H and O–H groups in total. The highest BCUT2D eigenvalue weighted by Crippen LogP contribution is 2.32. The molecule has 1 aliphatic heterocycles. The Labute approximate surface area is 126 Å². The molecule has 0 aliphatic carbocycles. The highest BCUT2D eigenvalue weighted by atomic mass is 16.5. The standard InChI is InChI=1S/C17H25N3O/c1-12(2)9-17(3)11-18-10-15(21-17)16-19-13-7-5-6-8-14(13)20(16)4/h5-8,12,15,18H,9-11H2,1-4H3. The van der Waals surface area contributed by atoms with Crippen LogP contribution in [0.25, 0.3) is 11.0 Å². The first-order valence-electron chi connectivity index (χ1n) is 7.78. The van der Waals surface area contributed by atoms with Crippen molar-refractivity contribution in [3.05, 3.63) is 30.1 Å².